The van der Waals surface area contributed by atoms with E-state index in [-0.39, 0.29) is 12.4 Å². The van der Waals surface area contributed by atoms with Crippen LogP contribution >= 0.6 is 0 Å². The monoisotopic (exact) mass is 348 g/mol. The van der Waals surface area contributed by atoms with Crippen LogP contribution in [0.25, 0.3) is 0 Å². The first-order valence-corrected chi connectivity index (χ1v) is 7.45. The van der Waals surface area contributed by atoms with Crippen LogP contribution in [-0.4, -0.2) is 54.0 Å². The van der Waals surface area contributed by atoms with Gasteiger partial charge in [0, 0.05) is 22.6 Å². The van der Waals surface area contributed by atoms with Crippen LogP contribution in [0, 0.1) is 10.1 Å². The first kappa shape index (κ1) is 18.2. The molecule has 0 aromatic heterocycles. The SMILES string of the molecule is CCOC(=O)C(=O)CC(=O)C1([N+](=O)[O-])C=C2C=CCN=C2C(OC)=C1. The van der Waals surface area contributed by atoms with Crippen molar-refractivity contribution in [3.05, 3.63) is 45.8 Å². The molecule has 2 aliphatic rings. The Bertz CT molecular complexity index is 760. The van der Waals surface area contributed by atoms with Crippen LogP contribution < -0.4 is 0 Å². The maximum absolute atomic E-state index is 12.5. The summed E-state index contributed by atoms with van der Waals surface area (Å²) in [6, 6.07) is 0. The number of carbonyl (C=O) groups excluding carboxylic acids is 3. The highest BCUT2D eigenvalue weighted by Crippen LogP contribution is 2.31. The molecule has 9 nitrogen and oxygen atoms in total. The van der Waals surface area contributed by atoms with E-state index in [4.69, 9.17) is 4.74 Å². The van der Waals surface area contributed by atoms with E-state index in [1.54, 1.807) is 12.2 Å². The highest BCUT2D eigenvalue weighted by atomic mass is 16.6. The second-order valence-electron chi connectivity index (χ2n) is 5.23. The number of allylic oxidation sites excluding steroid dienone is 2. The molecule has 1 unspecified atom stereocenters. The average Bonchev–Trinajstić information content (AvgIpc) is 2.60. The van der Waals surface area contributed by atoms with Gasteiger partial charge in [0.2, 0.25) is 11.6 Å². The largest absolute Gasteiger partial charge is 0.495 e. The van der Waals surface area contributed by atoms with Crippen LogP contribution in [0.5, 0.6) is 0 Å². The molecule has 0 radical (unpaired) electrons. The Morgan fingerprint density at radius 2 is 2.08 bits per heavy atom. The summed E-state index contributed by atoms with van der Waals surface area (Å²) in [6.07, 6.45) is 4.44. The van der Waals surface area contributed by atoms with Crippen molar-refractivity contribution in [2.45, 2.75) is 18.9 Å². The number of esters is 1. The topological polar surface area (TPSA) is 125 Å². The van der Waals surface area contributed by atoms with Crippen molar-refractivity contribution in [2.24, 2.45) is 4.99 Å². The number of carbonyl (C=O) groups is 3. The Labute approximate surface area is 142 Å². The van der Waals surface area contributed by atoms with Gasteiger partial charge in [-0.15, -0.1) is 0 Å². The van der Waals surface area contributed by atoms with Gasteiger partial charge in [0.05, 0.1) is 26.7 Å². The van der Waals surface area contributed by atoms with Crippen LogP contribution in [-0.2, 0) is 23.9 Å². The first-order chi connectivity index (χ1) is 11.9. The number of methoxy groups -OCH3 is 1. The van der Waals surface area contributed by atoms with Crippen LogP contribution in [0.4, 0.5) is 0 Å². The Balaban J connectivity index is 2.42. The molecule has 0 saturated carbocycles. The van der Waals surface area contributed by atoms with E-state index in [1.165, 1.54) is 14.0 Å². The van der Waals surface area contributed by atoms with E-state index in [0.717, 1.165) is 12.2 Å². The van der Waals surface area contributed by atoms with Gasteiger partial charge in [-0.05, 0) is 6.92 Å². The molecule has 9 heteroatoms. The molecule has 0 spiro atoms. The molecule has 0 saturated heterocycles. The third-order valence-electron chi connectivity index (χ3n) is 3.68. The first-order valence-electron chi connectivity index (χ1n) is 7.45. The molecule has 1 atom stereocenters. The zero-order valence-electron chi connectivity index (χ0n) is 13.7. The quantitative estimate of drug-likeness (QED) is 0.216. The predicted molar refractivity (Wildman–Crippen MR) is 85.6 cm³/mol. The summed E-state index contributed by atoms with van der Waals surface area (Å²) in [5.74, 6) is -3.34. The Kier molecular flexibility index (Phi) is 5.26. The van der Waals surface area contributed by atoms with Crippen molar-refractivity contribution < 1.29 is 28.8 Å². The lowest BCUT2D eigenvalue weighted by atomic mass is 9.82. The minimum atomic E-state index is -2.32. The van der Waals surface area contributed by atoms with E-state index in [9.17, 15) is 24.5 Å². The summed E-state index contributed by atoms with van der Waals surface area (Å²) in [7, 11) is 1.30. The molecular formula is C16H16N2O7. The molecule has 0 aromatic rings. The van der Waals surface area contributed by atoms with Gasteiger partial charge < -0.3 is 9.47 Å². The van der Waals surface area contributed by atoms with Gasteiger partial charge in [0.25, 0.3) is 0 Å². The van der Waals surface area contributed by atoms with Gasteiger partial charge in [-0.1, -0.05) is 12.2 Å². The van der Waals surface area contributed by atoms with Gasteiger partial charge >= 0.3 is 11.5 Å². The molecule has 132 valence electrons. The number of rotatable bonds is 7. The number of hydrogen-bond acceptors (Lipinski definition) is 8. The number of ketones is 2. The van der Waals surface area contributed by atoms with Crippen molar-refractivity contribution >= 4 is 23.2 Å². The number of dihydropyridines is 1. The van der Waals surface area contributed by atoms with Crippen molar-refractivity contribution in [3.63, 3.8) is 0 Å². The molecule has 0 N–H and O–H groups in total. The van der Waals surface area contributed by atoms with Gasteiger partial charge in [-0.2, -0.15) is 0 Å². The van der Waals surface area contributed by atoms with Crippen molar-refractivity contribution in [1.82, 2.24) is 0 Å². The summed E-state index contributed by atoms with van der Waals surface area (Å²) >= 11 is 0. The van der Waals surface area contributed by atoms with Crippen molar-refractivity contribution in [2.75, 3.05) is 20.3 Å². The minimum Gasteiger partial charge on any atom is -0.495 e. The number of Topliss-reactive ketones (excluding diaryl/α,β-unsaturated/α-hetero) is 2. The molecule has 2 rings (SSSR count). The standard InChI is InChI=1S/C16H16N2O7/c1-3-25-15(21)11(19)7-13(20)16(18(22)23)8-10-5-4-6-17-14(10)12(9-16)24-2/h4-5,8-9H,3,6-7H2,1-2H3. The lowest BCUT2D eigenvalue weighted by Crippen LogP contribution is -2.47. The normalized spacial score (nSPS) is 21.3. The average molecular weight is 348 g/mol. The van der Waals surface area contributed by atoms with Crippen LogP contribution in [0.2, 0.25) is 0 Å². The second-order valence-corrected chi connectivity index (χ2v) is 5.23. The number of ether oxygens (including phenoxy) is 2. The molecule has 0 aromatic carbocycles. The summed E-state index contributed by atoms with van der Waals surface area (Å²) < 4.78 is 9.65. The zero-order valence-corrected chi connectivity index (χ0v) is 13.7. The second kappa shape index (κ2) is 7.20. The molecular weight excluding hydrogens is 332 g/mol. The van der Waals surface area contributed by atoms with Gasteiger partial charge in [-0.25, -0.2) is 4.79 Å². The molecule has 1 heterocycles. The molecule has 0 fully saturated rings. The van der Waals surface area contributed by atoms with E-state index < -0.39 is 34.4 Å². The van der Waals surface area contributed by atoms with Gasteiger partial charge in [0.1, 0.15) is 11.5 Å². The third kappa shape index (κ3) is 3.39. The lowest BCUT2D eigenvalue weighted by molar-refractivity contribution is -0.524. The Hall–Kier alpha value is -3.10. The highest BCUT2D eigenvalue weighted by molar-refractivity contribution is 6.37. The molecule has 1 aliphatic carbocycles. The maximum atomic E-state index is 12.5. The predicted octanol–water partition coefficient (Wildman–Crippen LogP) is 0.574. The number of nitrogens with zero attached hydrogens (tertiary/aromatic N) is 2. The Morgan fingerprint density at radius 3 is 2.68 bits per heavy atom. The third-order valence-corrected chi connectivity index (χ3v) is 3.68. The lowest BCUT2D eigenvalue weighted by Gasteiger charge is -2.25. The summed E-state index contributed by atoms with van der Waals surface area (Å²) in [5.41, 5.74) is -1.57. The van der Waals surface area contributed by atoms with Crippen molar-refractivity contribution in [1.29, 1.82) is 0 Å². The highest BCUT2D eigenvalue weighted by Gasteiger charge is 2.51. The van der Waals surface area contributed by atoms with E-state index >= 15 is 0 Å². The summed E-state index contributed by atoms with van der Waals surface area (Å²) in [6.45, 7) is 1.84. The number of aliphatic imine (C=N–C) groups is 1. The molecule has 0 bridgehead atoms. The zero-order chi connectivity index (χ0) is 18.6. The van der Waals surface area contributed by atoms with Crippen LogP contribution in [0.15, 0.2) is 40.6 Å². The Morgan fingerprint density at radius 1 is 1.36 bits per heavy atom. The number of hydrogen-bond donors (Lipinski definition) is 0. The number of fused-ring (bicyclic) bond motifs is 1. The minimum absolute atomic E-state index is 0.0401. The van der Waals surface area contributed by atoms with E-state index in [1.807, 2.05) is 0 Å². The summed E-state index contributed by atoms with van der Waals surface area (Å²) in [4.78, 5) is 50.8. The molecule has 1 aliphatic heterocycles. The van der Waals surface area contributed by atoms with Crippen LogP contribution in [0.1, 0.15) is 13.3 Å². The number of nitro groups is 1. The fourth-order valence-corrected chi connectivity index (χ4v) is 2.47. The fourth-order valence-electron chi connectivity index (χ4n) is 2.47. The fraction of sp³-hybridized carbons (Fsp3) is 0.375. The van der Waals surface area contributed by atoms with Gasteiger partial charge in [-0.3, -0.25) is 24.7 Å². The van der Waals surface area contributed by atoms with E-state index in [0.29, 0.717) is 17.8 Å². The van der Waals surface area contributed by atoms with Crippen LogP contribution in [0.3, 0.4) is 0 Å². The molecule has 25 heavy (non-hydrogen) atoms. The summed E-state index contributed by atoms with van der Waals surface area (Å²) in [5, 5.41) is 11.7. The van der Waals surface area contributed by atoms with Crippen molar-refractivity contribution in [3.8, 4) is 0 Å². The van der Waals surface area contributed by atoms with E-state index in [2.05, 4.69) is 9.73 Å². The van der Waals surface area contributed by atoms with Gasteiger partial charge in [0.15, 0.2) is 0 Å². The smallest absolute Gasteiger partial charge is 0.375 e. The maximum Gasteiger partial charge on any atom is 0.375 e. The molecule has 0 amide bonds.